The summed E-state index contributed by atoms with van der Waals surface area (Å²) in [5.41, 5.74) is 0.695. The summed E-state index contributed by atoms with van der Waals surface area (Å²) in [5.74, 6) is 0.164. The summed E-state index contributed by atoms with van der Waals surface area (Å²) in [6.07, 6.45) is 5.31. The van der Waals surface area contributed by atoms with Gasteiger partial charge in [-0.2, -0.15) is 0 Å². The van der Waals surface area contributed by atoms with Crippen molar-refractivity contribution in [1.82, 2.24) is 0 Å². The summed E-state index contributed by atoms with van der Waals surface area (Å²) in [6, 6.07) is 6.71. The lowest BCUT2D eigenvalue weighted by molar-refractivity contribution is 0.135. The van der Waals surface area contributed by atoms with Crippen molar-refractivity contribution in [2.45, 2.75) is 45.1 Å². The van der Waals surface area contributed by atoms with E-state index in [-0.39, 0.29) is 17.9 Å². The van der Waals surface area contributed by atoms with Gasteiger partial charge in [0, 0.05) is 6.07 Å². The van der Waals surface area contributed by atoms with Gasteiger partial charge in [-0.3, -0.25) is 4.90 Å². The number of carbonyl (C=O) groups is 1. The third-order valence-corrected chi connectivity index (χ3v) is 3.40. The van der Waals surface area contributed by atoms with Crippen molar-refractivity contribution in [3.05, 3.63) is 24.3 Å². The number of hydrogen-bond acceptors (Lipinski definition) is 3. The molecule has 1 fully saturated rings. The van der Waals surface area contributed by atoms with Crippen molar-refractivity contribution in [3.8, 4) is 5.75 Å². The fourth-order valence-electron chi connectivity index (χ4n) is 2.34. The topological polar surface area (TPSA) is 49.8 Å². The van der Waals surface area contributed by atoms with Crippen LogP contribution in [-0.4, -0.2) is 23.8 Å². The van der Waals surface area contributed by atoms with Crippen LogP contribution in [0.2, 0.25) is 0 Å². The maximum absolute atomic E-state index is 11.8. The fourth-order valence-corrected chi connectivity index (χ4v) is 2.34. The Bertz CT molecular complexity index is 433. The molecule has 104 valence electrons. The number of aromatic hydroxyl groups is 1. The largest absolute Gasteiger partial charge is 0.508 e. The lowest BCUT2D eigenvalue weighted by atomic mass is 10.1. The second kappa shape index (κ2) is 6.45. The van der Waals surface area contributed by atoms with Crippen LogP contribution in [0.4, 0.5) is 10.5 Å². The fraction of sp³-hybridized carbons (Fsp3) is 0.533. The van der Waals surface area contributed by atoms with Gasteiger partial charge >= 0.3 is 6.09 Å². The Morgan fingerprint density at radius 1 is 1.37 bits per heavy atom. The van der Waals surface area contributed by atoms with E-state index in [0.717, 1.165) is 12.8 Å². The molecule has 1 saturated heterocycles. The van der Waals surface area contributed by atoms with Gasteiger partial charge in [-0.05, 0) is 25.0 Å². The molecule has 0 aromatic heterocycles. The standard InChI is InChI=1S/C15H21NO3/c1-2-3-4-5-9-14-11-16(15(18)19-14)12-7-6-8-13(17)10-12/h6-8,10,14,17H,2-5,9,11H2,1H3. The van der Waals surface area contributed by atoms with E-state index < -0.39 is 0 Å². The number of rotatable bonds is 6. The zero-order valence-electron chi connectivity index (χ0n) is 11.3. The van der Waals surface area contributed by atoms with Crippen molar-refractivity contribution in [3.63, 3.8) is 0 Å². The molecule has 0 aliphatic carbocycles. The molecule has 4 nitrogen and oxygen atoms in total. The first-order chi connectivity index (χ1) is 9.20. The normalized spacial score (nSPS) is 18.7. The predicted molar refractivity (Wildman–Crippen MR) is 74.5 cm³/mol. The maximum atomic E-state index is 11.8. The minimum Gasteiger partial charge on any atom is -0.508 e. The van der Waals surface area contributed by atoms with E-state index in [9.17, 15) is 9.90 Å². The number of unbranched alkanes of at least 4 members (excludes halogenated alkanes) is 3. The van der Waals surface area contributed by atoms with Gasteiger partial charge in [-0.15, -0.1) is 0 Å². The Labute approximate surface area is 114 Å². The van der Waals surface area contributed by atoms with Crippen LogP contribution >= 0.6 is 0 Å². The molecule has 1 aliphatic heterocycles. The minimum absolute atomic E-state index is 0.0216. The molecule has 0 spiro atoms. The molecule has 1 aromatic rings. The smallest absolute Gasteiger partial charge is 0.414 e. The van der Waals surface area contributed by atoms with Gasteiger partial charge in [0.15, 0.2) is 0 Å². The van der Waals surface area contributed by atoms with Crippen LogP contribution in [0.1, 0.15) is 39.0 Å². The van der Waals surface area contributed by atoms with Gasteiger partial charge in [-0.25, -0.2) is 4.79 Å². The van der Waals surface area contributed by atoms with Crippen LogP contribution in [0, 0.1) is 0 Å². The van der Waals surface area contributed by atoms with Crippen LogP contribution in [0.15, 0.2) is 24.3 Å². The van der Waals surface area contributed by atoms with Gasteiger partial charge in [0.2, 0.25) is 0 Å². The molecule has 1 heterocycles. The van der Waals surface area contributed by atoms with E-state index in [1.807, 2.05) is 0 Å². The second-order valence-electron chi connectivity index (χ2n) is 4.99. The first kappa shape index (κ1) is 13.7. The average molecular weight is 263 g/mol. The van der Waals surface area contributed by atoms with Gasteiger partial charge in [0.1, 0.15) is 11.9 Å². The number of anilines is 1. The van der Waals surface area contributed by atoms with E-state index in [4.69, 9.17) is 4.74 Å². The molecule has 1 unspecified atom stereocenters. The summed E-state index contributed by atoms with van der Waals surface area (Å²) in [4.78, 5) is 13.4. The summed E-state index contributed by atoms with van der Waals surface area (Å²) in [5, 5.41) is 9.45. The zero-order valence-corrected chi connectivity index (χ0v) is 11.3. The van der Waals surface area contributed by atoms with Crippen molar-refractivity contribution < 1.29 is 14.6 Å². The predicted octanol–water partition coefficient (Wildman–Crippen LogP) is 3.69. The molecular formula is C15H21NO3. The van der Waals surface area contributed by atoms with Crippen molar-refractivity contribution in [2.75, 3.05) is 11.4 Å². The molecule has 4 heteroatoms. The highest BCUT2D eigenvalue weighted by Crippen LogP contribution is 2.26. The Morgan fingerprint density at radius 3 is 2.95 bits per heavy atom. The second-order valence-corrected chi connectivity index (χ2v) is 4.99. The lowest BCUT2D eigenvalue weighted by Crippen LogP contribution is -2.24. The Hall–Kier alpha value is -1.71. The lowest BCUT2D eigenvalue weighted by Gasteiger charge is -2.12. The first-order valence-electron chi connectivity index (χ1n) is 6.98. The Kier molecular flexibility index (Phi) is 4.66. The Balaban J connectivity index is 1.89. The highest BCUT2D eigenvalue weighted by atomic mass is 16.6. The average Bonchev–Trinajstić information content (AvgIpc) is 2.76. The van der Waals surface area contributed by atoms with Crippen molar-refractivity contribution in [2.24, 2.45) is 0 Å². The van der Waals surface area contributed by atoms with Gasteiger partial charge in [-0.1, -0.05) is 32.3 Å². The zero-order chi connectivity index (χ0) is 13.7. The number of amides is 1. The molecule has 2 rings (SSSR count). The number of nitrogens with zero attached hydrogens (tertiary/aromatic N) is 1. The number of benzene rings is 1. The number of hydrogen-bond donors (Lipinski definition) is 1. The molecule has 0 saturated carbocycles. The van der Waals surface area contributed by atoms with E-state index in [1.54, 1.807) is 29.2 Å². The third kappa shape index (κ3) is 3.63. The van der Waals surface area contributed by atoms with Crippen molar-refractivity contribution >= 4 is 11.8 Å². The summed E-state index contributed by atoms with van der Waals surface area (Å²) in [7, 11) is 0. The molecule has 19 heavy (non-hydrogen) atoms. The number of phenols is 1. The summed E-state index contributed by atoms with van der Waals surface area (Å²) in [6.45, 7) is 2.76. The first-order valence-corrected chi connectivity index (χ1v) is 6.98. The molecule has 0 radical (unpaired) electrons. The number of ether oxygens (including phenoxy) is 1. The number of cyclic esters (lactones) is 1. The van der Waals surface area contributed by atoms with Crippen LogP contribution in [0.5, 0.6) is 5.75 Å². The van der Waals surface area contributed by atoms with Crippen LogP contribution in [0.3, 0.4) is 0 Å². The third-order valence-electron chi connectivity index (χ3n) is 3.40. The monoisotopic (exact) mass is 263 g/mol. The molecule has 1 N–H and O–H groups in total. The van der Waals surface area contributed by atoms with Crippen LogP contribution in [0.25, 0.3) is 0 Å². The van der Waals surface area contributed by atoms with Gasteiger partial charge in [0.25, 0.3) is 0 Å². The SMILES string of the molecule is CCCCCCC1CN(c2cccc(O)c2)C(=O)O1. The molecule has 1 atom stereocenters. The van der Waals surface area contributed by atoms with Crippen molar-refractivity contribution in [1.29, 1.82) is 0 Å². The van der Waals surface area contributed by atoms with E-state index in [0.29, 0.717) is 12.2 Å². The quantitative estimate of drug-likeness (QED) is 0.796. The van der Waals surface area contributed by atoms with Gasteiger partial charge < -0.3 is 9.84 Å². The maximum Gasteiger partial charge on any atom is 0.414 e. The summed E-state index contributed by atoms with van der Waals surface area (Å²) < 4.78 is 5.35. The minimum atomic E-state index is -0.314. The molecular weight excluding hydrogens is 242 g/mol. The van der Waals surface area contributed by atoms with Crippen LogP contribution in [-0.2, 0) is 4.74 Å². The van der Waals surface area contributed by atoms with E-state index in [1.165, 1.54) is 19.3 Å². The summed E-state index contributed by atoms with van der Waals surface area (Å²) >= 11 is 0. The number of carbonyl (C=O) groups excluding carboxylic acids is 1. The van der Waals surface area contributed by atoms with Gasteiger partial charge in [0.05, 0.1) is 12.2 Å². The molecule has 1 amide bonds. The number of phenolic OH excluding ortho intramolecular Hbond substituents is 1. The highest BCUT2D eigenvalue weighted by Gasteiger charge is 2.31. The van der Waals surface area contributed by atoms with Crippen LogP contribution < -0.4 is 4.90 Å². The molecule has 0 bridgehead atoms. The Morgan fingerprint density at radius 2 is 2.21 bits per heavy atom. The molecule has 1 aliphatic rings. The highest BCUT2D eigenvalue weighted by molar-refractivity contribution is 5.89. The van der Waals surface area contributed by atoms with E-state index >= 15 is 0 Å². The molecule has 1 aromatic carbocycles. The van der Waals surface area contributed by atoms with E-state index in [2.05, 4.69) is 6.92 Å².